The van der Waals surface area contributed by atoms with Gasteiger partial charge < -0.3 is 14.2 Å². The minimum Gasteiger partial charge on any atom is -0.462 e. The minimum absolute atomic E-state index is 0.0790. The van der Waals surface area contributed by atoms with E-state index in [-0.39, 0.29) is 31.1 Å². The summed E-state index contributed by atoms with van der Waals surface area (Å²) < 4.78 is 16.9. The molecule has 0 saturated carbocycles. The molecule has 0 aliphatic carbocycles. The van der Waals surface area contributed by atoms with Crippen molar-refractivity contribution in [1.29, 1.82) is 0 Å². The van der Waals surface area contributed by atoms with E-state index in [1.807, 2.05) is 0 Å². The fourth-order valence-electron chi connectivity index (χ4n) is 9.36. The molecule has 0 aromatic heterocycles. The van der Waals surface area contributed by atoms with Crippen molar-refractivity contribution >= 4 is 17.9 Å². The summed E-state index contributed by atoms with van der Waals surface area (Å²) in [6, 6.07) is 0. The lowest BCUT2D eigenvalue weighted by Gasteiger charge is -2.18. The van der Waals surface area contributed by atoms with Crippen molar-refractivity contribution < 1.29 is 28.6 Å². The molecular weight excluding hydrogens is 961 g/mol. The summed E-state index contributed by atoms with van der Waals surface area (Å²) in [6.45, 7) is 6.50. The molecule has 0 aromatic rings. The average molecular weight is 1090 g/mol. The lowest BCUT2D eigenvalue weighted by atomic mass is 10.0. The van der Waals surface area contributed by atoms with Gasteiger partial charge in [0.1, 0.15) is 13.2 Å². The van der Waals surface area contributed by atoms with Crippen molar-refractivity contribution in [1.82, 2.24) is 0 Å². The first-order chi connectivity index (χ1) is 38.5. The Kier molecular flexibility index (Phi) is 62.7. The van der Waals surface area contributed by atoms with Crippen LogP contribution in [0.1, 0.15) is 323 Å². The van der Waals surface area contributed by atoms with Gasteiger partial charge in [-0.1, -0.05) is 298 Å². The predicted octanol–water partition coefficient (Wildman–Crippen LogP) is 22.8. The van der Waals surface area contributed by atoms with Gasteiger partial charge in [0.15, 0.2) is 6.10 Å². The van der Waals surface area contributed by atoms with E-state index >= 15 is 0 Å². The van der Waals surface area contributed by atoms with E-state index in [2.05, 4.69) is 118 Å². The SMILES string of the molecule is CC/C=C\C/C=C\C/C=C\C/C=C\C/C=C\CCCCCCCCCCCCCCCCCC(=O)OCC(COC(=O)CCCCCCCCCCCC)OC(=O)CCCCCCCC/C=C\C/C=C\C/C=C\CCCCC. The Balaban J connectivity index is 4.18. The summed E-state index contributed by atoms with van der Waals surface area (Å²) in [5.74, 6) is -0.881. The molecule has 0 aliphatic rings. The third-order valence-electron chi connectivity index (χ3n) is 14.3. The van der Waals surface area contributed by atoms with Crippen LogP contribution in [-0.4, -0.2) is 37.2 Å². The van der Waals surface area contributed by atoms with E-state index in [9.17, 15) is 14.4 Å². The minimum atomic E-state index is -0.782. The Bertz CT molecular complexity index is 1530. The smallest absolute Gasteiger partial charge is 0.306 e. The first-order valence-corrected chi connectivity index (χ1v) is 33.2. The Labute approximate surface area is 483 Å². The number of esters is 3. The zero-order chi connectivity index (χ0) is 56.4. The molecule has 0 saturated heterocycles. The van der Waals surface area contributed by atoms with Crippen molar-refractivity contribution in [3.8, 4) is 0 Å². The molecule has 0 rings (SSSR count). The monoisotopic (exact) mass is 1080 g/mol. The van der Waals surface area contributed by atoms with Gasteiger partial charge in [-0.05, 0) is 103 Å². The quantitative estimate of drug-likeness (QED) is 0.0261. The van der Waals surface area contributed by atoms with Gasteiger partial charge in [0, 0.05) is 19.3 Å². The Morgan fingerprint density at radius 2 is 0.500 bits per heavy atom. The predicted molar refractivity (Wildman–Crippen MR) is 339 cm³/mol. The maximum Gasteiger partial charge on any atom is 0.306 e. The van der Waals surface area contributed by atoms with Crippen LogP contribution < -0.4 is 0 Å². The molecule has 0 heterocycles. The van der Waals surface area contributed by atoms with Crippen molar-refractivity contribution in [2.45, 2.75) is 329 Å². The number of carbonyl (C=O) groups excluding carboxylic acids is 3. The Morgan fingerprint density at radius 3 is 0.808 bits per heavy atom. The third kappa shape index (κ3) is 63.2. The maximum atomic E-state index is 12.9. The van der Waals surface area contributed by atoms with E-state index in [1.165, 1.54) is 167 Å². The molecule has 0 spiro atoms. The second-order valence-corrected chi connectivity index (χ2v) is 22.0. The topological polar surface area (TPSA) is 78.9 Å². The summed E-state index contributed by atoms with van der Waals surface area (Å²) in [5.41, 5.74) is 0. The summed E-state index contributed by atoms with van der Waals surface area (Å²) in [7, 11) is 0. The second kappa shape index (κ2) is 65.8. The summed E-state index contributed by atoms with van der Waals surface area (Å²) >= 11 is 0. The number of allylic oxidation sites excluding steroid dienone is 16. The number of hydrogen-bond acceptors (Lipinski definition) is 6. The molecule has 6 nitrogen and oxygen atoms in total. The van der Waals surface area contributed by atoms with Crippen LogP contribution in [-0.2, 0) is 28.6 Å². The van der Waals surface area contributed by atoms with E-state index in [0.717, 1.165) is 116 Å². The third-order valence-corrected chi connectivity index (χ3v) is 14.3. The van der Waals surface area contributed by atoms with Crippen LogP contribution in [0, 0.1) is 0 Å². The fourth-order valence-corrected chi connectivity index (χ4v) is 9.36. The van der Waals surface area contributed by atoms with Gasteiger partial charge in [0.05, 0.1) is 0 Å². The normalized spacial score (nSPS) is 12.7. The highest BCUT2D eigenvalue weighted by Crippen LogP contribution is 2.17. The molecule has 0 aromatic carbocycles. The van der Waals surface area contributed by atoms with E-state index in [4.69, 9.17) is 14.2 Å². The summed E-state index contributed by atoms with van der Waals surface area (Å²) in [4.78, 5) is 38.2. The molecule has 0 aliphatic heterocycles. The van der Waals surface area contributed by atoms with Crippen molar-refractivity contribution in [2.24, 2.45) is 0 Å². The van der Waals surface area contributed by atoms with Gasteiger partial charge in [-0.15, -0.1) is 0 Å². The van der Waals surface area contributed by atoms with Gasteiger partial charge in [-0.3, -0.25) is 14.4 Å². The average Bonchev–Trinajstić information content (AvgIpc) is 3.44. The zero-order valence-corrected chi connectivity index (χ0v) is 51.4. The number of carbonyl (C=O) groups is 3. The molecule has 6 heteroatoms. The van der Waals surface area contributed by atoms with Crippen LogP contribution in [0.5, 0.6) is 0 Å². The zero-order valence-electron chi connectivity index (χ0n) is 51.4. The van der Waals surface area contributed by atoms with Crippen LogP contribution in [0.2, 0.25) is 0 Å². The van der Waals surface area contributed by atoms with Crippen molar-refractivity contribution in [3.05, 3.63) is 97.2 Å². The maximum absolute atomic E-state index is 12.9. The van der Waals surface area contributed by atoms with Gasteiger partial charge in [0.2, 0.25) is 0 Å². The number of ether oxygens (including phenoxy) is 3. The van der Waals surface area contributed by atoms with Gasteiger partial charge in [-0.25, -0.2) is 0 Å². The lowest BCUT2D eigenvalue weighted by molar-refractivity contribution is -0.167. The first kappa shape index (κ1) is 74.3. The molecule has 0 radical (unpaired) electrons. The van der Waals surface area contributed by atoms with E-state index < -0.39 is 6.10 Å². The highest BCUT2D eigenvalue weighted by molar-refractivity contribution is 5.71. The Morgan fingerprint density at radius 1 is 0.269 bits per heavy atom. The highest BCUT2D eigenvalue weighted by Gasteiger charge is 2.19. The standard InChI is InChI=1S/C72H124O6/c1-4-7-10-13-16-19-22-24-26-28-30-31-32-33-34-35-36-37-38-39-40-41-43-44-46-48-50-53-56-59-62-65-71(74)77-68-69(67-76-70(73)64-61-58-55-52-21-18-15-12-9-6-3)78-72(75)66-63-60-57-54-51-49-47-45-42-29-27-25-23-20-17-14-11-8-5-2/h7,10,16-17,19-20,24-27,30-31,33-34,42,45,69H,4-6,8-9,11-15,18,21-23,28-29,32,35-41,43-44,46-68H2,1-3H3/b10-7-,19-16-,20-17-,26-24-,27-25-,31-30-,34-33-,45-42-. The highest BCUT2D eigenvalue weighted by atomic mass is 16.6. The van der Waals surface area contributed by atoms with Crippen LogP contribution in [0.25, 0.3) is 0 Å². The van der Waals surface area contributed by atoms with Crippen LogP contribution in [0.3, 0.4) is 0 Å². The molecule has 78 heavy (non-hydrogen) atoms. The molecule has 1 atom stereocenters. The van der Waals surface area contributed by atoms with Gasteiger partial charge in [0.25, 0.3) is 0 Å². The molecule has 0 N–H and O–H groups in total. The van der Waals surface area contributed by atoms with Crippen LogP contribution in [0.15, 0.2) is 97.2 Å². The van der Waals surface area contributed by atoms with Crippen molar-refractivity contribution in [2.75, 3.05) is 13.2 Å². The molecule has 1 unspecified atom stereocenters. The summed E-state index contributed by atoms with van der Waals surface area (Å²) in [5, 5.41) is 0. The van der Waals surface area contributed by atoms with E-state index in [0.29, 0.717) is 19.3 Å². The fraction of sp³-hybridized carbons (Fsp3) is 0.736. The lowest BCUT2D eigenvalue weighted by Crippen LogP contribution is -2.30. The number of rotatable bonds is 60. The summed E-state index contributed by atoms with van der Waals surface area (Å²) in [6.07, 6.45) is 88.6. The first-order valence-electron chi connectivity index (χ1n) is 33.2. The van der Waals surface area contributed by atoms with Gasteiger partial charge in [-0.2, -0.15) is 0 Å². The van der Waals surface area contributed by atoms with Crippen LogP contribution >= 0.6 is 0 Å². The van der Waals surface area contributed by atoms with Crippen molar-refractivity contribution in [3.63, 3.8) is 0 Å². The largest absolute Gasteiger partial charge is 0.462 e. The molecular formula is C72H124O6. The number of unbranched alkanes of at least 4 members (excludes halogenated alkanes) is 33. The molecule has 0 amide bonds. The van der Waals surface area contributed by atoms with Crippen LogP contribution in [0.4, 0.5) is 0 Å². The second-order valence-electron chi connectivity index (χ2n) is 22.0. The Hall–Kier alpha value is -3.67. The molecule has 448 valence electrons. The molecule has 0 fully saturated rings. The number of hydrogen-bond donors (Lipinski definition) is 0. The van der Waals surface area contributed by atoms with E-state index in [1.54, 1.807) is 0 Å². The van der Waals surface area contributed by atoms with Gasteiger partial charge >= 0.3 is 17.9 Å². The molecule has 0 bridgehead atoms.